The third kappa shape index (κ3) is 3.92. The van der Waals surface area contributed by atoms with Crippen molar-refractivity contribution in [3.63, 3.8) is 0 Å². The molecule has 0 aliphatic heterocycles. The maximum atomic E-state index is 14.0. The van der Waals surface area contributed by atoms with Gasteiger partial charge < -0.3 is 0 Å². The van der Waals surface area contributed by atoms with E-state index in [0.29, 0.717) is 28.8 Å². The van der Waals surface area contributed by atoms with Crippen LogP contribution in [0.15, 0.2) is 46.9 Å². The van der Waals surface area contributed by atoms with Crippen LogP contribution in [0.3, 0.4) is 0 Å². The Morgan fingerprint density at radius 3 is 2.38 bits per heavy atom. The summed E-state index contributed by atoms with van der Waals surface area (Å²) < 4.78 is 14.9. The molecule has 21 heavy (non-hydrogen) atoms. The van der Waals surface area contributed by atoms with Crippen LogP contribution in [0.2, 0.25) is 5.02 Å². The Hall–Kier alpha value is -0.280. The van der Waals surface area contributed by atoms with E-state index in [2.05, 4.69) is 15.9 Å². The fourth-order valence-electron chi connectivity index (χ4n) is 2.25. The molecule has 0 saturated carbocycles. The largest absolute Gasteiger partial charge is 0.207 e. The van der Waals surface area contributed by atoms with Crippen LogP contribution in [0.1, 0.15) is 11.1 Å². The Kier molecular flexibility index (Phi) is 5.96. The molecule has 5 heteroatoms. The van der Waals surface area contributed by atoms with Gasteiger partial charge >= 0.3 is 0 Å². The first kappa shape index (κ1) is 17.1. The minimum absolute atomic E-state index is 0.291. The van der Waals surface area contributed by atoms with Gasteiger partial charge in [0.25, 0.3) is 0 Å². The van der Waals surface area contributed by atoms with Crippen molar-refractivity contribution < 1.29 is 4.39 Å². The lowest BCUT2D eigenvalue weighted by Gasteiger charge is -2.31. The van der Waals surface area contributed by atoms with Gasteiger partial charge in [0.2, 0.25) is 0 Å². The van der Waals surface area contributed by atoms with Crippen molar-refractivity contribution in [2.45, 2.75) is 11.8 Å². The molecule has 0 spiro atoms. The summed E-state index contributed by atoms with van der Waals surface area (Å²) in [5.74, 6) is 0.284. The van der Waals surface area contributed by atoms with Crippen LogP contribution >= 0.6 is 50.7 Å². The molecule has 0 atom stereocenters. The monoisotopic (exact) mass is 408 g/mol. The molecule has 0 fully saturated rings. The highest BCUT2D eigenvalue weighted by atomic mass is 79.9. The molecular weight excluding hydrogens is 397 g/mol. The van der Waals surface area contributed by atoms with Crippen molar-refractivity contribution in [1.29, 1.82) is 0 Å². The summed E-state index contributed by atoms with van der Waals surface area (Å²) in [6.07, 6.45) is 0.392. The third-order valence-corrected chi connectivity index (χ3v) is 5.24. The summed E-state index contributed by atoms with van der Waals surface area (Å²) in [5.41, 5.74) is 0.948. The molecule has 0 saturated heterocycles. The van der Waals surface area contributed by atoms with Gasteiger partial charge in [0.05, 0.1) is 0 Å². The van der Waals surface area contributed by atoms with Crippen LogP contribution in [-0.4, -0.2) is 11.8 Å². The average molecular weight is 411 g/mol. The minimum atomic E-state index is -0.543. The Bertz CT molecular complexity index is 627. The van der Waals surface area contributed by atoms with Crippen molar-refractivity contribution in [2.24, 2.45) is 0 Å². The molecule has 0 unspecified atom stereocenters. The Labute approximate surface area is 147 Å². The molecule has 0 nitrogen and oxygen atoms in total. The van der Waals surface area contributed by atoms with E-state index in [-0.39, 0.29) is 5.82 Å². The van der Waals surface area contributed by atoms with E-state index in [1.807, 2.05) is 24.3 Å². The number of halogens is 5. The topological polar surface area (TPSA) is 0 Å². The van der Waals surface area contributed by atoms with Crippen molar-refractivity contribution in [3.05, 3.63) is 68.9 Å². The smallest absolute Gasteiger partial charge is 0.126 e. The van der Waals surface area contributed by atoms with Gasteiger partial charge in [0.1, 0.15) is 5.82 Å². The number of hydrogen-bond donors (Lipinski definition) is 0. The second-order valence-electron chi connectivity index (χ2n) is 4.97. The predicted octanol–water partition coefficient (Wildman–Crippen LogP) is 6.20. The summed E-state index contributed by atoms with van der Waals surface area (Å²) >= 11 is 21.8. The lowest BCUT2D eigenvalue weighted by atomic mass is 9.78. The highest BCUT2D eigenvalue weighted by Gasteiger charge is 2.32. The van der Waals surface area contributed by atoms with Gasteiger partial charge in [-0.1, -0.05) is 39.7 Å². The van der Waals surface area contributed by atoms with E-state index in [1.54, 1.807) is 6.07 Å². The van der Waals surface area contributed by atoms with E-state index in [1.165, 1.54) is 12.1 Å². The van der Waals surface area contributed by atoms with Crippen molar-refractivity contribution in [2.75, 3.05) is 11.8 Å². The molecule has 2 rings (SSSR count). The van der Waals surface area contributed by atoms with Crippen molar-refractivity contribution in [1.82, 2.24) is 0 Å². The zero-order valence-electron chi connectivity index (χ0n) is 11.1. The zero-order chi connectivity index (χ0) is 15.5. The molecule has 0 radical (unpaired) electrons. The van der Waals surface area contributed by atoms with E-state index in [9.17, 15) is 4.39 Å². The van der Waals surface area contributed by atoms with E-state index in [4.69, 9.17) is 34.8 Å². The highest BCUT2D eigenvalue weighted by molar-refractivity contribution is 9.10. The van der Waals surface area contributed by atoms with Crippen molar-refractivity contribution >= 4 is 50.7 Å². The Balaban J connectivity index is 2.45. The molecular formula is C16H13BrCl3F. The number of benzene rings is 2. The quantitative estimate of drug-likeness (QED) is 0.515. The predicted molar refractivity (Wildman–Crippen MR) is 92.4 cm³/mol. The SMILES string of the molecule is Fc1ccc(Cl)cc1CC(CCl)(CCl)c1cccc(Br)c1. The fourth-order valence-corrected chi connectivity index (χ4v) is 3.63. The van der Waals surface area contributed by atoms with Gasteiger partial charge in [0.15, 0.2) is 0 Å². The molecule has 0 amide bonds. The maximum Gasteiger partial charge on any atom is 0.126 e. The molecule has 2 aromatic rings. The van der Waals surface area contributed by atoms with Crippen LogP contribution in [0.25, 0.3) is 0 Å². The molecule has 0 N–H and O–H groups in total. The summed E-state index contributed by atoms with van der Waals surface area (Å²) in [5, 5.41) is 0.499. The number of hydrogen-bond acceptors (Lipinski definition) is 0. The van der Waals surface area contributed by atoms with Gasteiger partial charge in [-0.3, -0.25) is 0 Å². The fraction of sp³-hybridized carbons (Fsp3) is 0.250. The van der Waals surface area contributed by atoms with Gasteiger partial charge in [0, 0.05) is 26.7 Å². The first-order valence-electron chi connectivity index (χ1n) is 6.33. The molecule has 0 aliphatic carbocycles. The van der Waals surface area contributed by atoms with Crippen LogP contribution in [-0.2, 0) is 11.8 Å². The summed E-state index contributed by atoms with van der Waals surface area (Å²) in [7, 11) is 0. The van der Waals surface area contributed by atoms with Gasteiger partial charge in [-0.25, -0.2) is 4.39 Å². The summed E-state index contributed by atoms with van der Waals surface area (Å²) in [6.45, 7) is 0. The maximum absolute atomic E-state index is 14.0. The molecule has 0 heterocycles. The minimum Gasteiger partial charge on any atom is -0.207 e. The zero-order valence-corrected chi connectivity index (χ0v) is 14.9. The molecule has 112 valence electrons. The number of alkyl halides is 2. The Morgan fingerprint density at radius 2 is 1.76 bits per heavy atom. The van der Waals surface area contributed by atoms with Gasteiger partial charge in [-0.15, -0.1) is 23.2 Å². The van der Waals surface area contributed by atoms with Crippen LogP contribution in [0.4, 0.5) is 4.39 Å². The third-order valence-electron chi connectivity index (χ3n) is 3.49. The van der Waals surface area contributed by atoms with Crippen LogP contribution in [0.5, 0.6) is 0 Å². The highest BCUT2D eigenvalue weighted by Crippen LogP contribution is 2.34. The van der Waals surface area contributed by atoms with E-state index < -0.39 is 5.41 Å². The lowest BCUT2D eigenvalue weighted by molar-refractivity contribution is 0.512. The first-order chi connectivity index (χ1) is 10.0. The lowest BCUT2D eigenvalue weighted by Crippen LogP contribution is -2.33. The first-order valence-corrected chi connectivity index (χ1v) is 8.57. The van der Waals surface area contributed by atoms with E-state index in [0.717, 1.165) is 10.0 Å². The second-order valence-corrected chi connectivity index (χ2v) is 6.86. The normalized spacial score (nSPS) is 11.7. The molecule has 2 aromatic carbocycles. The summed E-state index contributed by atoms with van der Waals surface area (Å²) in [4.78, 5) is 0. The Morgan fingerprint density at radius 1 is 1.05 bits per heavy atom. The summed E-state index contributed by atoms with van der Waals surface area (Å²) in [6, 6.07) is 12.3. The van der Waals surface area contributed by atoms with Crippen LogP contribution < -0.4 is 0 Å². The van der Waals surface area contributed by atoms with Gasteiger partial charge in [-0.2, -0.15) is 0 Å². The van der Waals surface area contributed by atoms with Crippen molar-refractivity contribution in [3.8, 4) is 0 Å². The molecule has 0 aromatic heterocycles. The van der Waals surface area contributed by atoms with Crippen LogP contribution in [0, 0.1) is 5.82 Å². The van der Waals surface area contributed by atoms with Gasteiger partial charge in [-0.05, 0) is 47.9 Å². The second kappa shape index (κ2) is 7.32. The van der Waals surface area contributed by atoms with E-state index >= 15 is 0 Å². The standard InChI is InChI=1S/C16H13BrCl3F/c17-13-3-1-2-12(7-13)16(9-18,10-19)8-11-6-14(20)4-5-15(11)21/h1-7H,8-10H2. The average Bonchev–Trinajstić information content (AvgIpc) is 2.48. The molecule has 0 bridgehead atoms. The molecule has 0 aliphatic rings. The number of rotatable bonds is 5.